The Labute approximate surface area is 97.6 Å². The monoisotopic (exact) mass is 245 g/mol. The SMILES string of the molecule is Cc1cc(C(F)(F)F)ccc1C(=O)CC(C)N. The summed E-state index contributed by atoms with van der Waals surface area (Å²) in [7, 11) is 0. The van der Waals surface area contributed by atoms with E-state index < -0.39 is 11.7 Å². The predicted molar refractivity (Wildman–Crippen MR) is 58.8 cm³/mol. The zero-order chi connectivity index (χ0) is 13.2. The van der Waals surface area contributed by atoms with E-state index in [1.807, 2.05) is 0 Å². The van der Waals surface area contributed by atoms with Crippen LogP contribution in [0.4, 0.5) is 13.2 Å². The van der Waals surface area contributed by atoms with Gasteiger partial charge < -0.3 is 5.73 Å². The summed E-state index contributed by atoms with van der Waals surface area (Å²) in [5.41, 5.74) is 5.36. The number of aryl methyl sites for hydroxylation is 1. The third kappa shape index (κ3) is 3.56. The minimum absolute atomic E-state index is 0.131. The zero-order valence-corrected chi connectivity index (χ0v) is 9.64. The number of hydrogen-bond acceptors (Lipinski definition) is 2. The van der Waals surface area contributed by atoms with Crippen molar-refractivity contribution in [3.05, 3.63) is 34.9 Å². The van der Waals surface area contributed by atoms with Gasteiger partial charge in [0.15, 0.2) is 5.78 Å². The molecular weight excluding hydrogens is 231 g/mol. The lowest BCUT2D eigenvalue weighted by Gasteiger charge is -2.11. The molecule has 1 unspecified atom stereocenters. The summed E-state index contributed by atoms with van der Waals surface area (Å²) in [5, 5.41) is 0. The normalized spacial score (nSPS) is 13.5. The van der Waals surface area contributed by atoms with E-state index in [1.54, 1.807) is 6.92 Å². The van der Waals surface area contributed by atoms with Gasteiger partial charge in [-0.05, 0) is 31.5 Å². The van der Waals surface area contributed by atoms with Crippen LogP contribution in [0.5, 0.6) is 0 Å². The Hall–Kier alpha value is -1.36. The summed E-state index contributed by atoms with van der Waals surface area (Å²) in [4.78, 5) is 11.7. The molecule has 0 bridgehead atoms. The number of hydrogen-bond donors (Lipinski definition) is 1. The Morgan fingerprint density at radius 3 is 2.41 bits per heavy atom. The van der Waals surface area contributed by atoms with E-state index in [9.17, 15) is 18.0 Å². The van der Waals surface area contributed by atoms with Crippen LogP contribution in [0.25, 0.3) is 0 Å². The Kier molecular flexibility index (Phi) is 3.93. The summed E-state index contributed by atoms with van der Waals surface area (Å²) < 4.78 is 37.2. The maximum atomic E-state index is 12.4. The van der Waals surface area contributed by atoms with Gasteiger partial charge in [0.25, 0.3) is 0 Å². The molecule has 1 atom stereocenters. The number of alkyl halides is 3. The molecule has 0 aliphatic heterocycles. The molecule has 1 rings (SSSR count). The van der Waals surface area contributed by atoms with Crippen LogP contribution in [-0.4, -0.2) is 11.8 Å². The van der Waals surface area contributed by atoms with Gasteiger partial charge in [-0.15, -0.1) is 0 Å². The van der Waals surface area contributed by atoms with Gasteiger partial charge in [0.1, 0.15) is 0 Å². The first-order valence-electron chi connectivity index (χ1n) is 5.18. The highest BCUT2D eigenvalue weighted by Crippen LogP contribution is 2.30. The second-order valence-electron chi connectivity index (χ2n) is 4.13. The average molecular weight is 245 g/mol. The Balaban J connectivity index is 3.02. The van der Waals surface area contributed by atoms with Crippen molar-refractivity contribution in [1.29, 1.82) is 0 Å². The van der Waals surface area contributed by atoms with Crippen molar-refractivity contribution in [3.63, 3.8) is 0 Å². The number of carbonyl (C=O) groups is 1. The van der Waals surface area contributed by atoms with Crippen LogP contribution in [0.2, 0.25) is 0 Å². The van der Waals surface area contributed by atoms with Crippen LogP contribution in [0.3, 0.4) is 0 Å². The largest absolute Gasteiger partial charge is 0.416 e. The molecule has 0 aliphatic rings. The molecular formula is C12H14F3NO. The molecule has 2 N–H and O–H groups in total. The van der Waals surface area contributed by atoms with Crippen LogP contribution < -0.4 is 5.73 Å². The molecule has 0 aromatic heterocycles. The van der Waals surface area contributed by atoms with Crippen molar-refractivity contribution in [2.45, 2.75) is 32.5 Å². The molecule has 1 aromatic rings. The standard InChI is InChI=1S/C12H14F3NO/c1-7-5-9(12(13,14)15)3-4-10(7)11(17)6-8(2)16/h3-5,8H,6,16H2,1-2H3. The molecule has 0 fully saturated rings. The van der Waals surface area contributed by atoms with Gasteiger partial charge in [0, 0.05) is 18.0 Å². The Bertz CT molecular complexity index is 424. The van der Waals surface area contributed by atoms with Gasteiger partial charge in [0.2, 0.25) is 0 Å². The molecule has 94 valence electrons. The lowest BCUT2D eigenvalue weighted by Crippen LogP contribution is -2.20. The van der Waals surface area contributed by atoms with Gasteiger partial charge in [-0.2, -0.15) is 13.2 Å². The van der Waals surface area contributed by atoms with E-state index in [2.05, 4.69) is 0 Å². The van der Waals surface area contributed by atoms with Gasteiger partial charge in [-0.1, -0.05) is 6.07 Å². The third-order valence-corrected chi connectivity index (χ3v) is 2.36. The molecule has 5 heteroatoms. The summed E-state index contributed by atoms with van der Waals surface area (Å²) in [5.74, 6) is -0.230. The molecule has 0 amide bonds. The minimum Gasteiger partial charge on any atom is -0.328 e. The van der Waals surface area contributed by atoms with Gasteiger partial charge in [0.05, 0.1) is 5.56 Å². The maximum Gasteiger partial charge on any atom is 0.416 e. The highest BCUT2D eigenvalue weighted by Gasteiger charge is 2.30. The number of Topliss-reactive ketones (excluding diaryl/α,β-unsaturated/α-hetero) is 1. The fraction of sp³-hybridized carbons (Fsp3) is 0.417. The lowest BCUT2D eigenvalue weighted by molar-refractivity contribution is -0.137. The van der Waals surface area contributed by atoms with Crippen LogP contribution >= 0.6 is 0 Å². The molecule has 0 saturated carbocycles. The Morgan fingerprint density at radius 2 is 2.00 bits per heavy atom. The molecule has 0 saturated heterocycles. The van der Waals surface area contributed by atoms with Crippen molar-refractivity contribution >= 4 is 5.78 Å². The van der Waals surface area contributed by atoms with E-state index in [1.165, 1.54) is 13.0 Å². The lowest BCUT2D eigenvalue weighted by atomic mass is 9.98. The summed E-state index contributed by atoms with van der Waals surface area (Å²) in [6.45, 7) is 3.17. The van der Waals surface area contributed by atoms with Crippen molar-refractivity contribution in [3.8, 4) is 0 Å². The van der Waals surface area contributed by atoms with Crippen molar-refractivity contribution in [2.24, 2.45) is 5.73 Å². The topological polar surface area (TPSA) is 43.1 Å². The first kappa shape index (κ1) is 13.7. The van der Waals surface area contributed by atoms with Crippen LogP contribution in [0.1, 0.15) is 34.8 Å². The fourth-order valence-corrected chi connectivity index (χ4v) is 1.56. The summed E-state index contributed by atoms with van der Waals surface area (Å²) in [6, 6.07) is 2.81. The van der Waals surface area contributed by atoms with Gasteiger partial charge >= 0.3 is 6.18 Å². The molecule has 2 nitrogen and oxygen atoms in total. The highest BCUT2D eigenvalue weighted by atomic mass is 19.4. The molecule has 0 heterocycles. The van der Waals surface area contributed by atoms with Crippen LogP contribution in [0.15, 0.2) is 18.2 Å². The smallest absolute Gasteiger partial charge is 0.328 e. The number of halogens is 3. The quantitative estimate of drug-likeness (QED) is 0.832. The average Bonchev–Trinajstić information content (AvgIpc) is 2.14. The van der Waals surface area contributed by atoms with E-state index >= 15 is 0 Å². The first-order valence-corrected chi connectivity index (χ1v) is 5.18. The van der Waals surface area contributed by atoms with Gasteiger partial charge in [-0.3, -0.25) is 4.79 Å². The Morgan fingerprint density at radius 1 is 1.41 bits per heavy atom. The second kappa shape index (κ2) is 4.87. The molecule has 0 radical (unpaired) electrons. The first-order chi connectivity index (χ1) is 7.71. The summed E-state index contributed by atoms with van der Waals surface area (Å²) in [6.07, 6.45) is -4.25. The van der Waals surface area contributed by atoms with E-state index in [0.29, 0.717) is 11.1 Å². The van der Waals surface area contributed by atoms with Crippen LogP contribution in [0, 0.1) is 6.92 Å². The van der Waals surface area contributed by atoms with Gasteiger partial charge in [-0.25, -0.2) is 0 Å². The number of benzene rings is 1. The number of carbonyl (C=O) groups excluding carboxylic acids is 1. The number of rotatable bonds is 3. The summed E-state index contributed by atoms with van der Waals surface area (Å²) >= 11 is 0. The predicted octanol–water partition coefficient (Wildman–Crippen LogP) is 2.93. The maximum absolute atomic E-state index is 12.4. The van der Waals surface area contributed by atoms with Crippen molar-refractivity contribution in [1.82, 2.24) is 0 Å². The fourth-order valence-electron chi connectivity index (χ4n) is 1.56. The number of nitrogens with two attached hydrogens (primary N) is 1. The minimum atomic E-state index is -4.38. The van der Waals surface area contributed by atoms with Crippen molar-refractivity contribution in [2.75, 3.05) is 0 Å². The van der Waals surface area contributed by atoms with E-state index in [0.717, 1.165) is 12.1 Å². The highest BCUT2D eigenvalue weighted by molar-refractivity contribution is 5.97. The van der Waals surface area contributed by atoms with Crippen molar-refractivity contribution < 1.29 is 18.0 Å². The van der Waals surface area contributed by atoms with E-state index in [4.69, 9.17) is 5.73 Å². The molecule has 0 aliphatic carbocycles. The third-order valence-electron chi connectivity index (χ3n) is 2.36. The number of ketones is 1. The molecule has 17 heavy (non-hydrogen) atoms. The molecule has 0 spiro atoms. The van der Waals surface area contributed by atoms with Crippen LogP contribution in [-0.2, 0) is 6.18 Å². The van der Waals surface area contributed by atoms with E-state index in [-0.39, 0.29) is 18.2 Å². The molecule has 1 aromatic carbocycles. The second-order valence-corrected chi connectivity index (χ2v) is 4.13. The zero-order valence-electron chi connectivity index (χ0n) is 9.64.